The molecular weight excluding hydrogens is 591 g/mol. The van der Waals surface area contributed by atoms with Crippen molar-refractivity contribution in [3.05, 3.63) is 95.1 Å². The maximum atomic E-state index is 13.5. The number of alkyl halides is 3. The van der Waals surface area contributed by atoms with Crippen molar-refractivity contribution in [2.75, 3.05) is 0 Å². The van der Waals surface area contributed by atoms with Crippen molar-refractivity contribution in [2.45, 2.75) is 58.9 Å². The largest absolute Gasteiger partial charge is 0.534 e. The number of aromatic nitrogens is 2. The molecule has 43 heavy (non-hydrogen) atoms. The van der Waals surface area contributed by atoms with Crippen LogP contribution in [0.25, 0.3) is 22.3 Å². The summed E-state index contributed by atoms with van der Waals surface area (Å²) in [6.07, 6.45) is 2.54. The Balaban J connectivity index is 0.000000248. The third-order valence-electron chi connectivity index (χ3n) is 6.56. The minimum atomic E-state index is -5.87. The summed E-state index contributed by atoms with van der Waals surface area (Å²) >= 11 is 0. The van der Waals surface area contributed by atoms with Crippen LogP contribution in [0.3, 0.4) is 0 Å². The Hall–Kier alpha value is -4.06. The summed E-state index contributed by atoms with van der Waals surface area (Å²) in [7, 11) is -5.87. The maximum absolute atomic E-state index is 13.5. The van der Waals surface area contributed by atoms with E-state index in [4.69, 9.17) is 0 Å². The van der Waals surface area contributed by atoms with Gasteiger partial charge in [0.1, 0.15) is 5.75 Å². The Morgan fingerprint density at radius 3 is 1.63 bits per heavy atom. The number of phenols is 1. The SMILES string of the molecule is Cc1ccc(C(C)C)c(O)c1-c1ccnc(F)c1.Cc1ccc(C(C)C)c(OS(=O)(=O)C(F)(F)F)c1-c1ccnc(F)c1. The first-order valence-electron chi connectivity index (χ1n) is 13.1. The number of phenolic OH excluding ortho intramolecular Hbond substituents is 1. The standard InChI is InChI=1S/C16H15F4NO3S.C15H16FNO/c1-9(2)12-5-4-10(3)14(11-6-7-21-13(17)8-11)15(12)24-25(22,23)16(18,19)20;1-9(2)12-5-4-10(3)14(15(12)18)11-6-7-17-13(16)8-11/h4-9H,1-3H3;4-9,18H,1-3H3. The van der Waals surface area contributed by atoms with Gasteiger partial charge < -0.3 is 9.29 Å². The fourth-order valence-electron chi connectivity index (χ4n) is 4.41. The highest BCUT2D eigenvalue weighted by Crippen LogP contribution is 2.42. The van der Waals surface area contributed by atoms with Gasteiger partial charge in [0.05, 0.1) is 0 Å². The van der Waals surface area contributed by atoms with Crippen LogP contribution in [-0.2, 0) is 10.1 Å². The van der Waals surface area contributed by atoms with Gasteiger partial charge in [0.25, 0.3) is 0 Å². The zero-order chi connectivity index (χ0) is 32.3. The predicted molar refractivity (Wildman–Crippen MR) is 154 cm³/mol. The molecule has 4 rings (SSSR count). The lowest BCUT2D eigenvalue weighted by atomic mass is 9.93. The second-order valence-corrected chi connectivity index (χ2v) is 11.9. The van der Waals surface area contributed by atoms with Gasteiger partial charge in [-0.25, -0.2) is 9.97 Å². The Morgan fingerprint density at radius 1 is 0.744 bits per heavy atom. The Bertz CT molecular complexity index is 1720. The molecule has 4 aromatic rings. The van der Waals surface area contributed by atoms with E-state index >= 15 is 0 Å². The van der Waals surface area contributed by atoms with Crippen LogP contribution in [0.15, 0.2) is 60.9 Å². The van der Waals surface area contributed by atoms with E-state index in [1.165, 1.54) is 24.4 Å². The highest BCUT2D eigenvalue weighted by molar-refractivity contribution is 7.88. The van der Waals surface area contributed by atoms with E-state index in [9.17, 15) is 35.5 Å². The van der Waals surface area contributed by atoms with Crippen molar-refractivity contribution in [2.24, 2.45) is 0 Å². The summed E-state index contributed by atoms with van der Waals surface area (Å²) < 4.78 is 92.5. The van der Waals surface area contributed by atoms with E-state index in [2.05, 4.69) is 14.2 Å². The van der Waals surface area contributed by atoms with Crippen molar-refractivity contribution in [3.8, 4) is 33.8 Å². The van der Waals surface area contributed by atoms with Crippen LogP contribution in [0.5, 0.6) is 11.5 Å². The second kappa shape index (κ2) is 13.1. The summed E-state index contributed by atoms with van der Waals surface area (Å²) in [5.74, 6) is -1.73. The first-order chi connectivity index (χ1) is 19.9. The van der Waals surface area contributed by atoms with Crippen molar-refractivity contribution in [1.29, 1.82) is 0 Å². The molecule has 0 unspecified atom stereocenters. The molecule has 0 aliphatic rings. The Kier molecular flexibility index (Phi) is 10.2. The van der Waals surface area contributed by atoms with Crippen LogP contribution < -0.4 is 4.18 Å². The lowest BCUT2D eigenvalue weighted by Crippen LogP contribution is -2.28. The first-order valence-corrected chi connectivity index (χ1v) is 14.6. The number of hydrogen-bond donors (Lipinski definition) is 1. The quantitative estimate of drug-likeness (QED) is 0.100. The number of rotatable bonds is 6. The number of nitrogens with zero attached hydrogens (tertiary/aromatic N) is 2. The normalized spacial score (nSPS) is 11.8. The topological polar surface area (TPSA) is 89.4 Å². The lowest BCUT2D eigenvalue weighted by Gasteiger charge is -2.20. The van der Waals surface area contributed by atoms with Gasteiger partial charge >= 0.3 is 15.6 Å². The molecule has 0 fully saturated rings. The third-order valence-corrected chi connectivity index (χ3v) is 7.52. The van der Waals surface area contributed by atoms with Crippen LogP contribution in [0.4, 0.5) is 22.0 Å². The molecule has 0 saturated heterocycles. The molecule has 1 N–H and O–H groups in total. The minimum Gasteiger partial charge on any atom is -0.507 e. The van der Waals surface area contributed by atoms with Crippen LogP contribution in [0.1, 0.15) is 61.8 Å². The van der Waals surface area contributed by atoms with E-state index in [0.29, 0.717) is 16.7 Å². The molecule has 0 radical (unpaired) electrons. The van der Waals surface area contributed by atoms with Crippen molar-refractivity contribution in [1.82, 2.24) is 9.97 Å². The summed E-state index contributed by atoms with van der Waals surface area (Å²) in [5.41, 5.74) is -1.53. The van der Waals surface area contributed by atoms with Crippen LogP contribution >= 0.6 is 0 Å². The number of hydrogen-bond acceptors (Lipinski definition) is 6. The van der Waals surface area contributed by atoms with Gasteiger partial charge in [-0.2, -0.15) is 30.4 Å². The number of aromatic hydroxyl groups is 1. The van der Waals surface area contributed by atoms with Gasteiger partial charge in [0.2, 0.25) is 11.9 Å². The first kappa shape index (κ1) is 33.4. The fourth-order valence-corrected chi connectivity index (χ4v) is 4.91. The van der Waals surface area contributed by atoms with E-state index in [1.54, 1.807) is 32.9 Å². The highest BCUT2D eigenvalue weighted by Gasteiger charge is 2.49. The lowest BCUT2D eigenvalue weighted by molar-refractivity contribution is -0.0500. The van der Waals surface area contributed by atoms with E-state index in [-0.39, 0.29) is 34.3 Å². The van der Waals surface area contributed by atoms with Gasteiger partial charge in [0, 0.05) is 35.7 Å². The Labute approximate surface area is 247 Å². The maximum Gasteiger partial charge on any atom is 0.534 e. The van der Waals surface area contributed by atoms with Crippen LogP contribution in [-0.4, -0.2) is 29.0 Å². The summed E-state index contributed by atoms with van der Waals surface area (Å²) in [6.45, 7) is 10.8. The molecule has 0 aliphatic carbocycles. The molecule has 0 spiro atoms. The fraction of sp³-hybridized carbons (Fsp3) is 0.290. The second-order valence-electron chi connectivity index (χ2n) is 10.4. The molecule has 0 atom stereocenters. The average molecular weight is 623 g/mol. The zero-order valence-corrected chi connectivity index (χ0v) is 25.1. The van der Waals surface area contributed by atoms with Gasteiger partial charge in [-0.3, -0.25) is 0 Å². The zero-order valence-electron chi connectivity index (χ0n) is 24.3. The van der Waals surface area contributed by atoms with E-state index < -0.39 is 33.3 Å². The highest BCUT2D eigenvalue weighted by atomic mass is 32.2. The van der Waals surface area contributed by atoms with Gasteiger partial charge in [-0.1, -0.05) is 52.0 Å². The molecule has 230 valence electrons. The van der Waals surface area contributed by atoms with Crippen molar-refractivity contribution in [3.63, 3.8) is 0 Å². The molecule has 2 aromatic heterocycles. The smallest absolute Gasteiger partial charge is 0.507 e. The van der Waals surface area contributed by atoms with Crippen molar-refractivity contribution < 1.29 is 39.7 Å². The molecule has 0 amide bonds. The van der Waals surface area contributed by atoms with E-state index in [1.807, 2.05) is 32.9 Å². The monoisotopic (exact) mass is 622 g/mol. The van der Waals surface area contributed by atoms with Gasteiger partial charge in [0.15, 0.2) is 5.75 Å². The Morgan fingerprint density at radius 2 is 1.19 bits per heavy atom. The van der Waals surface area contributed by atoms with E-state index in [0.717, 1.165) is 23.4 Å². The molecular formula is C31H31F5N2O4S. The number of pyridine rings is 2. The summed E-state index contributed by atoms with van der Waals surface area (Å²) in [4.78, 5) is 6.92. The van der Waals surface area contributed by atoms with Gasteiger partial charge in [-0.05, 0) is 71.2 Å². The van der Waals surface area contributed by atoms with Crippen LogP contribution in [0, 0.1) is 25.7 Å². The molecule has 0 bridgehead atoms. The molecule has 2 aromatic carbocycles. The number of aryl methyl sites for hydroxylation is 2. The minimum absolute atomic E-state index is 0.0697. The van der Waals surface area contributed by atoms with Crippen LogP contribution in [0.2, 0.25) is 0 Å². The summed E-state index contributed by atoms with van der Waals surface area (Å²) in [5, 5.41) is 10.3. The predicted octanol–water partition coefficient (Wildman–Crippen LogP) is 8.57. The summed E-state index contributed by atoms with van der Waals surface area (Å²) in [6, 6.07) is 12.4. The molecule has 0 aliphatic heterocycles. The van der Waals surface area contributed by atoms with Crippen molar-refractivity contribution >= 4 is 10.1 Å². The average Bonchev–Trinajstić information content (AvgIpc) is 2.88. The molecule has 0 saturated carbocycles. The van der Waals surface area contributed by atoms with Gasteiger partial charge in [-0.15, -0.1) is 0 Å². The number of benzene rings is 2. The molecule has 2 heterocycles. The molecule has 6 nitrogen and oxygen atoms in total. The third kappa shape index (κ3) is 7.67. The molecule has 12 heteroatoms. The number of halogens is 5.